The third kappa shape index (κ3) is 5.45. The second-order valence-electron chi connectivity index (χ2n) is 5.21. The zero-order valence-electron chi connectivity index (χ0n) is 13.4. The SMILES string of the molecule is COc1ccc(Cl)cc1C(=O)NNC(=O)[C@@H](NC(C)=O)C(C)C. The highest BCUT2D eigenvalue weighted by molar-refractivity contribution is 6.31. The lowest BCUT2D eigenvalue weighted by Crippen LogP contribution is -2.54. The summed E-state index contributed by atoms with van der Waals surface area (Å²) in [4.78, 5) is 35.4. The number of nitrogens with one attached hydrogen (secondary N) is 3. The van der Waals surface area contributed by atoms with Gasteiger partial charge < -0.3 is 10.1 Å². The molecule has 0 radical (unpaired) electrons. The van der Waals surface area contributed by atoms with Crippen LogP contribution in [0.5, 0.6) is 5.75 Å². The number of carbonyl (C=O) groups excluding carboxylic acids is 3. The number of amides is 3. The van der Waals surface area contributed by atoms with Gasteiger partial charge in [-0.25, -0.2) is 0 Å². The summed E-state index contributed by atoms with van der Waals surface area (Å²) in [5.74, 6) is -1.26. The van der Waals surface area contributed by atoms with Crippen molar-refractivity contribution in [3.8, 4) is 5.75 Å². The first-order chi connectivity index (χ1) is 10.8. The van der Waals surface area contributed by atoms with Crippen LogP contribution in [0.4, 0.5) is 0 Å². The van der Waals surface area contributed by atoms with Crippen LogP contribution in [-0.2, 0) is 9.59 Å². The Kier molecular flexibility index (Phi) is 6.84. The standard InChI is InChI=1S/C15H20ClN3O4/c1-8(2)13(17-9(3)20)15(22)19-18-14(21)11-7-10(16)5-6-12(11)23-4/h5-8,13H,1-4H3,(H,17,20)(H,18,21)(H,19,22)/t13-/m0/s1. The molecule has 23 heavy (non-hydrogen) atoms. The number of halogens is 1. The Bertz CT molecular complexity index is 604. The smallest absolute Gasteiger partial charge is 0.273 e. The van der Waals surface area contributed by atoms with Crippen LogP contribution in [0.1, 0.15) is 31.1 Å². The normalized spacial score (nSPS) is 11.6. The molecule has 1 aromatic carbocycles. The molecular weight excluding hydrogens is 322 g/mol. The lowest BCUT2D eigenvalue weighted by molar-refractivity contribution is -0.129. The summed E-state index contributed by atoms with van der Waals surface area (Å²) >= 11 is 5.86. The zero-order chi connectivity index (χ0) is 17.6. The first-order valence-electron chi connectivity index (χ1n) is 6.97. The van der Waals surface area contributed by atoms with Crippen molar-refractivity contribution in [2.24, 2.45) is 5.92 Å². The molecule has 0 spiro atoms. The number of hydrogen-bond acceptors (Lipinski definition) is 4. The largest absolute Gasteiger partial charge is 0.496 e. The molecule has 0 unspecified atom stereocenters. The van der Waals surface area contributed by atoms with Crippen molar-refractivity contribution in [2.75, 3.05) is 7.11 Å². The van der Waals surface area contributed by atoms with Crippen LogP contribution in [0.2, 0.25) is 5.02 Å². The number of benzene rings is 1. The summed E-state index contributed by atoms with van der Waals surface area (Å²) in [6.07, 6.45) is 0. The van der Waals surface area contributed by atoms with E-state index in [4.69, 9.17) is 16.3 Å². The van der Waals surface area contributed by atoms with E-state index in [1.165, 1.54) is 20.1 Å². The van der Waals surface area contributed by atoms with Crippen LogP contribution in [0.15, 0.2) is 18.2 Å². The van der Waals surface area contributed by atoms with E-state index < -0.39 is 17.9 Å². The van der Waals surface area contributed by atoms with E-state index in [0.717, 1.165) is 0 Å². The maximum atomic E-state index is 12.1. The third-order valence-corrected chi connectivity index (χ3v) is 3.25. The van der Waals surface area contributed by atoms with Crippen molar-refractivity contribution < 1.29 is 19.1 Å². The summed E-state index contributed by atoms with van der Waals surface area (Å²) in [5.41, 5.74) is 4.75. The lowest BCUT2D eigenvalue weighted by atomic mass is 10.0. The molecule has 3 amide bonds. The van der Waals surface area contributed by atoms with E-state index in [9.17, 15) is 14.4 Å². The number of carbonyl (C=O) groups is 3. The van der Waals surface area contributed by atoms with Gasteiger partial charge in [-0.15, -0.1) is 0 Å². The molecular formula is C15H20ClN3O4. The summed E-state index contributed by atoms with van der Waals surface area (Å²) in [7, 11) is 1.42. The van der Waals surface area contributed by atoms with E-state index in [1.54, 1.807) is 26.0 Å². The maximum Gasteiger partial charge on any atom is 0.273 e. The first kappa shape index (κ1) is 18.8. The molecule has 3 N–H and O–H groups in total. The fourth-order valence-corrected chi connectivity index (χ4v) is 2.05. The first-order valence-corrected chi connectivity index (χ1v) is 7.35. The minimum absolute atomic E-state index is 0.142. The number of hydrogen-bond donors (Lipinski definition) is 3. The Hall–Kier alpha value is -2.28. The van der Waals surface area contributed by atoms with E-state index in [0.29, 0.717) is 10.8 Å². The molecule has 0 aliphatic heterocycles. The van der Waals surface area contributed by atoms with Crippen molar-refractivity contribution in [1.82, 2.24) is 16.2 Å². The van der Waals surface area contributed by atoms with Gasteiger partial charge in [-0.1, -0.05) is 25.4 Å². The molecule has 0 aromatic heterocycles. The Morgan fingerprint density at radius 1 is 1.17 bits per heavy atom. The zero-order valence-corrected chi connectivity index (χ0v) is 14.2. The molecule has 0 fully saturated rings. The fourth-order valence-electron chi connectivity index (χ4n) is 1.88. The molecule has 7 nitrogen and oxygen atoms in total. The van der Waals surface area contributed by atoms with E-state index >= 15 is 0 Å². The van der Waals surface area contributed by atoms with Gasteiger partial charge in [-0.3, -0.25) is 25.2 Å². The predicted octanol–water partition coefficient (Wildman–Crippen LogP) is 1.27. The maximum absolute atomic E-state index is 12.1. The van der Waals surface area contributed by atoms with Gasteiger partial charge in [0.25, 0.3) is 11.8 Å². The molecule has 0 aliphatic rings. The summed E-state index contributed by atoms with van der Waals surface area (Å²) in [6.45, 7) is 4.88. The fraction of sp³-hybridized carbons (Fsp3) is 0.400. The van der Waals surface area contributed by atoms with Crippen molar-refractivity contribution >= 4 is 29.3 Å². The van der Waals surface area contributed by atoms with Crippen molar-refractivity contribution in [3.63, 3.8) is 0 Å². The second kappa shape index (κ2) is 8.38. The van der Waals surface area contributed by atoms with E-state index in [-0.39, 0.29) is 17.4 Å². The van der Waals surface area contributed by atoms with Gasteiger partial charge in [-0.05, 0) is 24.1 Å². The van der Waals surface area contributed by atoms with Gasteiger partial charge in [-0.2, -0.15) is 0 Å². The second-order valence-corrected chi connectivity index (χ2v) is 5.65. The molecule has 0 saturated heterocycles. The van der Waals surface area contributed by atoms with Crippen LogP contribution in [-0.4, -0.2) is 30.9 Å². The van der Waals surface area contributed by atoms with Crippen LogP contribution in [0, 0.1) is 5.92 Å². The van der Waals surface area contributed by atoms with E-state index in [1.807, 2.05) is 0 Å². The summed E-state index contributed by atoms with van der Waals surface area (Å²) < 4.78 is 5.08. The lowest BCUT2D eigenvalue weighted by Gasteiger charge is -2.21. The molecule has 126 valence electrons. The van der Waals surface area contributed by atoms with Gasteiger partial charge in [0.2, 0.25) is 5.91 Å². The van der Waals surface area contributed by atoms with Gasteiger partial charge >= 0.3 is 0 Å². The van der Waals surface area contributed by atoms with Gasteiger partial charge in [0.05, 0.1) is 12.7 Å². The number of ether oxygens (including phenoxy) is 1. The molecule has 1 atom stereocenters. The monoisotopic (exact) mass is 341 g/mol. The third-order valence-electron chi connectivity index (χ3n) is 3.01. The topological polar surface area (TPSA) is 96.5 Å². The average molecular weight is 342 g/mol. The minimum atomic E-state index is -0.756. The predicted molar refractivity (Wildman–Crippen MR) is 86.1 cm³/mol. The molecule has 8 heteroatoms. The molecule has 0 bridgehead atoms. The number of hydrazine groups is 1. The van der Waals surface area contributed by atoms with Crippen LogP contribution in [0.3, 0.4) is 0 Å². The Morgan fingerprint density at radius 3 is 2.35 bits per heavy atom. The quantitative estimate of drug-likeness (QED) is 0.703. The number of rotatable bonds is 5. The van der Waals surface area contributed by atoms with Crippen LogP contribution >= 0.6 is 11.6 Å². The van der Waals surface area contributed by atoms with Crippen molar-refractivity contribution in [2.45, 2.75) is 26.8 Å². The molecule has 0 saturated carbocycles. The van der Waals surface area contributed by atoms with Gasteiger partial charge in [0.1, 0.15) is 11.8 Å². The highest BCUT2D eigenvalue weighted by Crippen LogP contribution is 2.22. The average Bonchev–Trinajstić information content (AvgIpc) is 2.49. The van der Waals surface area contributed by atoms with Gasteiger partial charge in [0.15, 0.2) is 0 Å². The minimum Gasteiger partial charge on any atom is -0.496 e. The number of methoxy groups -OCH3 is 1. The van der Waals surface area contributed by atoms with Crippen molar-refractivity contribution in [1.29, 1.82) is 0 Å². The molecule has 1 aromatic rings. The Balaban J connectivity index is 2.77. The Labute approximate surface area is 139 Å². The molecule has 0 aliphatic carbocycles. The highest BCUT2D eigenvalue weighted by Gasteiger charge is 2.23. The molecule has 1 rings (SSSR count). The van der Waals surface area contributed by atoms with Crippen LogP contribution < -0.4 is 20.9 Å². The molecule has 0 heterocycles. The summed E-state index contributed by atoms with van der Waals surface area (Å²) in [5, 5.41) is 2.89. The van der Waals surface area contributed by atoms with Gasteiger partial charge in [0, 0.05) is 11.9 Å². The summed E-state index contributed by atoms with van der Waals surface area (Å²) in [6, 6.07) is 3.80. The van der Waals surface area contributed by atoms with E-state index in [2.05, 4.69) is 16.2 Å². The highest BCUT2D eigenvalue weighted by atomic mass is 35.5. The van der Waals surface area contributed by atoms with Crippen molar-refractivity contribution in [3.05, 3.63) is 28.8 Å². The van der Waals surface area contributed by atoms with Crippen LogP contribution in [0.25, 0.3) is 0 Å². The Morgan fingerprint density at radius 2 is 1.83 bits per heavy atom.